The minimum atomic E-state index is -0.139. The summed E-state index contributed by atoms with van der Waals surface area (Å²) in [6.07, 6.45) is 3.18. The van der Waals surface area contributed by atoms with E-state index in [0.717, 1.165) is 24.8 Å². The van der Waals surface area contributed by atoms with E-state index in [1.165, 1.54) is 0 Å². The minimum absolute atomic E-state index is 0.121. The van der Waals surface area contributed by atoms with Gasteiger partial charge in [-0.15, -0.1) is 0 Å². The molecule has 1 aliphatic rings. The molecule has 1 aromatic carbocycles. The number of nitriles is 1. The minimum Gasteiger partial charge on any atom is -0.394 e. The molecule has 2 rings (SSSR count). The number of rotatable bonds is 5. The maximum absolute atomic E-state index is 9.35. The summed E-state index contributed by atoms with van der Waals surface area (Å²) in [4.78, 5) is 0. The molecule has 0 heterocycles. The Morgan fingerprint density at radius 2 is 2.06 bits per heavy atom. The molecule has 1 saturated carbocycles. The van der Waals surface area contributed by atoms with E-state index in [-0.39, 0.29) is 18.1 Å². The molecular formula is C14H18N2O. The van der Waals surface area contributed by atoms with Gasteiger partial charge in [0.1, 0.15) is 0 Å². The van der Waals surface area contributed by atoms with Crippen molar-refractivity contribution in [3.8, 4) is 6.07 Å². The molecule has 90 valence electrons. The number of nitrogens with zero attached hydrogens (tertiary/aromatic N) is 1. The van der Waals surface area contributed by atoms with Gasteiger partial charge in [0.05, 0.1) is 18.6 Å². The molecule has 0 saturated heterocycles. The van der Waals surface area contributed by atoms with Crippen LogP contribution in [0.25, 0.3) is 0 Å². The van der Waals surface area contributed by atoms with Gasteiger partial charge in [-0.2, -0.15) is 5.26 Å². The summed E-state index contributed by atoms with van der Waals surface area (Å²) in [6.45, 7) is 0.779. The predicted molar refractivity (Wildman–Crippen MR) is 66.5 cm³/mol. The summed E-state index contributed by atoms with van der Waals surface area (Å²) in [5.74, 6) is -0.139. The van der Waals surface area contributed by atoms with Crippen LogP contribution < -0.4 is 5.32 Å². The van der Waals surface area contributed by atoms with Gasteiger partial charge in [-0.1, -0.05) is 30.3 Å². The van der Waals surface area contributed by atoms with Crippen molar-refractivity contribution in [1.29, 1.82) is 5.26 Å². The lowest BCUT2D eigenvalue weighted by Gasteiger charge is -2.41. The molecule has 1 fully saturated rings. The van der Waals surface area contributed by atoms with E-state index in [1.54, 1.807) is 0 Å². The number of benzene rings is 1. The molecule has 0 aliphatic heterocycles. The van der Waals surface area contributed by atoms with Crippen LogP contribution in [0.1, 0.15) is 30.7 Å². The highest BCUT2D eigenvalue weighted by atomic mass is 16.3. The summed E-state index contributed by atoms with van der Waals surface area (Å²) in [7, 11) is 0. The molecule has 1 atom stereocenters. The average Bonchev–Trinajstić information content (AvgIpc) is 2.34. The highest BCUT2D eigenvalue weighted by molar-refractivity contribution is 5.25. The topological polar surface area (TPSA) is 56.0 Å². The molecule has 2 N–H and O–H groups in total. The standard InChI is InChI=1S/C14H18N2O/c15-9-13(12-5-2-1-3-6-12)10-16-14(11-17)7-4-8-14/h1-3,5-6,13,16-17H,4,7-8,10-11H2. The molecule has 0 aromatic heterocycles. The van der Waals surface area contributed by atoms with Crippen LogP contribution in [0.5, 0.6) is 0 Å². The zero-order chi connectivity index (χ0) is 12.1. The van der Waals surface area contributed by atoms with Crippen molar-refractivity contribution in [2.75, 3.05) is 13.2 Å². The second-order valence-electron chi connectivity index (χ2n) is 4.77. The summed E-state index contributed by atoms with van der Waals surface area (Å²) < 4.78 is 0. The molecule has 0 radical (unpaired) electrons. The summed E-state index contributed by atoms with van der Waals surface area (Å²) in [5, 5.41) is 21.9. The first kappa shape index (κ1) is 12.1. The van der Waals surface area contributed by atoms with Crippen LogP contribution in [0.4, 0.5) is 0 Å². The van der Waals surface area contributed by atoms with Gasteiger partial charge in [0.25, 0.3) is 0 Å². The van der Waals surface area contributed by atoms with Crippen LogP contribution in [0, 0.1) is 11.3 Å². The Morgan fingerprint density at radius 1 is 1.35 bits per heavy atom. The smallest absolute Gasteiger partial charge is 0.0837 e. The van der Waals surface area contributed by atoms with Crippen LogP contribution in [-0.2, 0) is 0 Å². The van der Waals surface area contributed by atoms with E-state index in [0.29, 0.717) is 6.54 Å². The lowest BCUT2D eigenvalue weighted by atomic mass is 9.77. The first-order chi connectivity index (χ1) is 8.29. The second-order valence-corrected chi connectivity index (χ2v) is 4.77. The van der Waals surface area contributed by atoms with E-state index in [2.05, 4.69) is 11.4 Å². The Bertz CT molecular complexity index is 387. The van der Waals surface area contributed by atoms with E-state index in [9.17, 15) is 10.4 Å². The normalized spacial score (nSPS) is 19.1. The Morgan fingerprint density at radius 3 is 2.53 bits per heavy atom. The SMILES string of the molecule is N#CC(CNC1(CO)CCC1)c1ccccc1. The first-order valence-electron chi connectivity index (χ1n) is 6.10. The maximum atomic E-state index is 9.35. The Hall–Kier alpha value is -1.37. The number of aliphatic hydroxyl groups is 1. The van der Waals surface area contributed by atoms with Crippen molar-refractivity contribution in [2.24, 2.45) is 0 Å². The van der Waals surface area contributed by atoms with E-state index >= 15 is 0 Å². The summed E-state index contributed by atoms with van der Waals surface area (Å²) in [6, 6.07) is 12.1. The van der Waals surface area contributed by atoms with Crippen LogP contribution in [0.3, 0.4) is 0 Å². The summed E-state index contributed by atoms with van der Waals surface area (Å²) >= 11 is 0. The fraction of sp³-hybridized carbons (Fsp3) is 0.500. The lowest BCUT2D eigenvalue weighted by Crippen LogP contribution is -2.54. The Kier molecular flexibility index (Phi) is 3.78. The van der Waals surface area contributed by atoms with Crippen molar-refractivity contribution in [1.82, 2.24) is 5.32 Å². The van der Waals surface area contributed by atoms with Crippen LogP contribution in [0.2, 0.25) is 0 Å². The zero-order valence-electron chi connectivity index (χ0n) is 9.89. The fourth-order valence-corrected chi connectivity index (χ4v) is 2.24. The second kappa shape index (κ2) is 5.31. The number of nitrogens with one attached hydrogen (secondary N) is 1. The number of hydrogen-bond acceptors (Lipinski definition) is 3. The molecule has 1 unspecified atom stereocenters. The Balaban J connectivity index is 1.95. The third-order valence-electron chi connectivity index (χ3n) is 3.65. The van der Waals surface area contributed by atoms with Gasteiger partial charge >= 0.3 is 0 Å². The molecular weight excluding hydrogens is 212 g/mol. The third-order valence-corrected chi connectivity index (χ3v) is 3.65. The Labute approximate surface area is 102 Å². The van der Waals surface area contributed by atoms with Crippen LogP contribution >= 0.6 is 0 Å². The van der Waals surface area contributed by atoms with Gasteiger partial charge in [-0.3, -0.25) is 0 Å². The fourth-order valence-electron chi connectivity index (χ4n) is 2.24. The van der Waals surface area contributed by atoms with Crippen molar-refractivity contribution in [3.63, 3.8) is 0 Å². The van der Waals surface area contributed by atoms with Crippen molar-refractivity contribution in [3.05, 3.63) is 35.9 Å². The molecule has 3 nitrogen and oxygen atoms in total. The molecule has 1 aliphatic carbocycles. The average molecular weight is 230 g/mol. The van der Waals surface area contributed by atoms with Crippen molar-refractivity contribution >= 4 is 0 Å². The molecule has 0 amide bonds. The third kappa shape index (κ3) is 2.66. The lowest BCUT2D eigenvalue weighted by molar-refractivity contribution is 0.0886. The van der Waals surface area contributed by atoms with E-state index in [1.807, 2.05) is 30.3 Å². The molecule has 0 spiro atoms. The highest BCUT2D eigenvalue weighted by Crippen LogP contribution is 2.31. The maximum Gasteiger partial charge on any atom is 0.0837 e. The molecule has 1 aromatic rings. The monoisotopic (exact) mass is 230 g/mol. The van der Waals surface area contributed by atoms with Gasteiger partial charge in [0, 0.05) is 12.1 Å². The quantitative estimate of drug-likeness (QED) is 0.811. The van der Waals surface area contributed by atoms with Gasteiger partial charge in [-0.05, 0) is 24.8 Å². The van der Waals surface area contributed by atoms with Gasteiger partial charge in [-0.25, -0.2) is 0 Å². The van der Waals surface area contributed by atoms with E-state index in [4.69, 9.17) is 0 Å². The largest absolute Gasteiger partial charge is 0.394 e. The molecule has 0 bridgehead atoms. The van der Waals surface area contributed by atoms with Gasteiger partial charge in [0.15, 0.2) is 0 Å². The van der Waals surface area contributed by atoms with Crippen molar-refractivity contribution < 1.29 is 5.11 Å². The van der Waals surface area contributed by atoms with Crippen molar-refractivity contribution in [2.45, 2.75) is 30.7 Å². The highest BCUT2D eigenvalue weighted by Gasteiger charge is 2.36. The van der Waals surface area contributed by atoms with Gasteiger partial charge < -0.3 is 10.4 Å². The number of hydrogen-bond donors (Lipinski definition) is 2. The summed E-state index contributed by atoms with van der Waals surface area (Å²) in [5.41, 5.74) is 0.916. The molecule has 17 heavy (non-hydrogen) atoms. The molecule has 3 heteroatoms. The van der Waals surface area contributed by atoms with Crippen LogP contribution in [-0.4, -0.2) is 23.8 Å². The van der Waals surface area contributed by atoms with Gasteiger partial charge in [0.2, 0.25) is 0 Å². The van der Waals surface area contributed by atoms with E-state index < -0.39 is 0 Å². The zero-order valence-corrected chi connectivity index (χ0v) is 9.89. The van der Waals surface area contributed by atoms with Crippen LogP contribution in [0.15, 0.2) is 30.3 Å². The number of aliphatic hydroxyl groups excluding tert-OH is 1. The first-order valence-corrected chi connectivity index (χ1v) is 6.10. The predicted octanol–water partition coefficient (Wildman–Crippen LogP) is 1.80.